The third-order valence-corrected chi connectivity index (χ3v) is 4.53. The van der Waals surface area contributed by atoms with Crippen LogP contribution in [0.2, 0.25) is 0 Å². The van der Waals surface area contributed by atoms with Gasteiger partial charge in [0.15, 0.2) is 0 Å². The minimum absolute atomic E-state index is 0. The highest BCUT2D eigenvalue weighted by Gasteiger charge is 2.18. The first kappa shape index (κ1) is 19.9. The van der Waals surface area contributed by atoms with E-state index in [1.165, 1.54) is 4.80 Å². The Morgan fingerprint density at radius 1 is 1.25 bits per heavy atom. The molecule has 2 heterocycles. The topological polar surface area (TPSA) is 84.7 Å². The predicted octanol–water partition coefficient (Wildman–Crippen LogP) is 2.49. The Hall–Kier alpha value is -2.84. The van der Waals surface area contributed by atoms with Crippen LogP contribution in [0.5, 0.6) is 0 Å². The van der Waals surface area contributed by atoms with Gasteiger partial charge in [-0.25, -0.2) is 4.39 Å². The number of aromatic nitrogens is 4. The number of rotatable bonds is 4. The number of hydrogen-bond donors (Lipinski definition) is 2. The minimum Gasteiger partial charge on any atom is -0.322 e. The van der Waals surface area contributed by atoms with Crippen molar-refractivity contribution in [2.24, 2.45) is 0 Å². The molecule has 146 valence electrons. The summed E-state index contributed by atoms with van der Waals surface area (Å²) in [5, 5.41) is 17.9. The first-order chi connectivity index (χ1) is 13.1. The van der Waals surface area contributed by atoms with Crippen LogP contribution in [-0.4, -0.2) is 32.7 Å². The molecule has 7 nitrogen and oxygen atoms in total. The van der Waals surface area contributed by atoms with Crippen molar-refractivity contribution in [2.45, 2.75) is 26.4 Å². The second kappa shape index (κ2) is 8.45. The minimum atomic E-state index is -0.407. The molecule has 0 aliphatic carbocycles. The lowest BCUT2D eigenvalue weighted by Gasteiger charge is -2.19. The summed E-state index contributed by atoms with van der Waals surface area (Å²) in [6, 6.07) is 11.1. The van der Waals surface area contributed by atoms with Gasteiger partial charge in [0.1, 0.15) is 12.4 Å². The number of aryl methyl sites for hydroxylation is 1. The second-order valence-electron chi connectivity index (χ2n) is 6.55. The molecule has 0 spiro atoms. The third kappa shape index (κ3) is 4.18. The van der Waals surface area contributed by atoms with E-state index in [4.69, 9.17) is 0 Å². The molecule has 0 fully saturated rings. The zero-order valence-electron chi connectivity index (χ0n) is 15.3. The number of nitrogens with zero attached hydrogens (tertiary/aromatic N) is 4. The van der Waals surface area contributed by atoms with E-state index in [1.807, 2.05) is 37.3 Å². The number of tetrazole rings is 1. The molecule has 0 unspecified atom stereocenters. The lowest BCUT2D eigenvalue weighted by atomic mass is 9.99. The monoisotopic (exact) mass is 402 g/mol. The van der Waals surface area contributed by atoms with Crippen LogP contribution in [-0.2, 0) is 24.3 Å². The molecule has 0 radical (unpaired) electrons. The van der Waals surface area contributed by atoms with Crippen molar-refractivity contribution in [3.8, 4) is 11.4 Å². The Morgan fingerprint density at radius 2 is 2.04 bits per heavy atom. The van der Waals surface area contributed by atoms with Crippen molar-refractivity contribution in [1.82, 2.24) is 25.5 Å². The van der Waals surface area contributed by atoms with Crippen LogP contribution in [0, 0.1) is 12.7 Å². The first-order valence-corrected chi connectivity index (χ1v) is 8.76. The van der Waals surface area contributed by atoms with Gasteiger partial charge < -0.3 is 10.6 Å². The van der Waals surface area contributed by atoms with Crippen molar-refractivity contribution in [1.29, 1.82) is 0 Å². The summed E-state index contributed by atoms with van der Waals surface area (Å²) in [4.78, 5) is 13.5. The summed E-state index contributed by atoms with van der Waals surface area (Å²) in [6.07, 6.45) is 0.607. The van der Waals surface area contributed by atoms with E-state index in [0.29, 0.717) is 24.4 Å². The van der Waals surface area contributed by atoms with Gasteiger partial charge in [-0.05, 0) is 42.3 Å². The van der Waals surface area contributed by atoms with Crippen LogP contribution in [0.1, 0.15) is 16.7 Å². The van der Waals surface area contributed by atoms with E-state index in [-0.39, 0.29) is 30.5 Å². The standard InChI is InChI=1S/C19H19FN6O.ClH/c1-12-2-4-13(5-3-12)19-23-25-26(24-19)11-17(27)22-16-7-6-14-10-21-9-8-15(14)18(16)20;/h2-7,21H,8-11H2,1H3,(H,22,27);1H. The highest BCUT2D eigenvalue weighted by molar-refractivity contribution is 5.90. The molecule has 1 amide bonds. The van der Waals surface area contributed by atoms with E-state index in [9.17, 15) is 9.18 Å². The maximum atomic E-state index is 14.6. The molecule has 0 saturated heterocycles. The molecule has 0 saturated carbocycles. The third-order valence-electron chi connectivity index (χ3n) is 4.53. The van der Waals surface area contributed by atoms with Gasteiger partial charge >= 0.3 is 0 Å². The maximum Gasteiger partial charge on any atom is 0.248 e. The Balaban J connectivity index is 0.00000225. The summed E-state index contributed by atoms with van der Waals surface area (Å²) in [5.41, 5.74) is 3.72. The number of carbonyl (C=O) groups excluding carboxylic acids is 1. The van der Waals surface area contributed by atoms with E-state index in [0.717, 1.165) is 23.2 Å². The van der Waals surface area contributed by atoms with Crippen molar-refractivity contribution in [3.05, 3.63) is 58.9 Å². The van der Waals surface area contributed by atoms with Gasteiger partial charge in [0.25, 0.3) is 0 Å². The van der Waals surface area contributed by atoms with Crippen LogP contribution in [0.3, 0.4) is 0 Å². The number of hydrogen-bond acceptors (Lipinski definition) is 5. The van der Waals surface area contributed by atoms with Crippen molar-refractivity contribution < 1.29 is 9.18 Å². The Bertz CT molecular complexity index is 989. The van der Waals surface area contributed by atoms with Gasteiger partial charge in [-0.2, -0.15) is 4.80 Å². The molecule has 4 rings (SSSR count). The number of fused-ring (bicyclic) bond motifs is 1. The number of nitrogens with one attached hydrogen (secondary N) is 2. The number of benzene rings is 2. The normalized spacial score (nSPS) is 12.8. The van der Waals surface area contributed by atoms with Gasteiger partial charge in [-0.1, -0.05) is 35.9 Å². The van der Waals surface area contributed by atoms with Gasteiger partial charge in [0.05, 0.1) is 5.69 Å². The fraction of sp³-hybridized carbons (Fsp3) is 0.263. The quantitative estimate of drug-likeness (QED) is 0.700. The van der Waals surface area contributed by atoms with Crippen molar-refractivity contribution in [3.63, 3.8) is 0 Å². The van der Waals surface area contributed by atoms with Crippen LogP contribution >= 0.6 is 12.4 Å². The second-order valence-corrected chi connectivity index (χ2v) is 6.55. The van der Waals surface area contributed by atoms with Gasteiger partial charge in [0, 0.05) is 12.1 Å². The van der Waals surface area contributed by atoms with E-state index in [1.54, 1.807) is 6.07 Å². The zero-order valence-corrected chi connectivity index (χ0v) is 16.1. The summed E-state index contributed by atoms with van der Waals surface area (Å²) in [7, 11) is 0. The van der Waals surface area contributed by atoms with Crippen molar-refractivity contribution in [2.75, 3.05) is 11.9 Å². The molecule has 2 N–H and O–H groups in total. The fourth-order valence-electron chi connectivity index (χ4n) is 3.08. The Labute approximate surface area is 167 Å². The molecule has 0 atom stereocenters. The zero-order chi connectivity index (χ0) is 18.8. The summed E-state index contributed by atoms with van der Waals surface area (Å²) in [6.45, 7) is 3.23. The molecule has 3 aromatic rings. The van der Waals surface area contributed by atoms with Gasteiger partial charge in [-0.3, -0.25) is 4.79 Å². The lowest BCUT2D eigenvalue weighted by molar-refractivity contribution is -0.117. The molecule has 1 aromatic heterocycles. The molecule has 1 aliphatic rings. The lowest BCUT2D eigenvalue weighted by Crippen LogP contribution is -2.26. The number of halogens is 2. The Kier molecular flexibility index (Phi) is 6.01. The molecule has 28 heavy (non-hydrogen) atoms. The number of amides is 1. The molecular weight excluding hydrogens is 383 g/mol. The first-order valence-electron chi connectivity index (χ1n) is 8.76. The van der Waals surface area contributed by atoms with E-state index in [2.05, 4.69) is 26.0 Å². The molecule has 0 bridgehead atoms. The van der Waals surface area contributed by atoms with Crippen LogP contribution < -0.4 is 10.6 Å². The molecule has 1 aliphatic heterocycles. The average Bonchev–Trinajstić information content (AvgIpc) is 3.13. The highest BCUT2D eigenvalue weighted by atomic mass is 35.5. The average molecular weight is 403 g/mol. The fourth-order valence-corrected chi connectivity index (χ4v) is 3.08. The SMILES string of the molecule is Cc1ccc(-c2nnn(CC(=O)Nc3ccc4c(c3F)CCNC4)n2)cc1.Cl. The molecule has 2 aromatic carbocycles. The van der Waals surface area contributed by atoms with E-state index < -0.39 is 5.91 Å². The Morgan fingerprint density at radius 3 is 2.82 bits per heavy atom. The predicted molar refractivity (Wildman–Crippen MR) is 106 cm³/mol. The molecular formula is C19H20ClFN6O. The van der Waals surface area contributed by atoms with Crippen LogP contribution in [0.15, 0.2) is 36.4 Å². The summed E-state index contributed by atoms with van der Waals surface area (Å²) in [5.74, 6) is -0.333. The maximum absolute atomic E-state index is 14.6. The van der Waals surface area contributed by atoms with Gasteiger partial charge in [-0.15, -0.1) is 22.6 Å². The summed E-state index contributed by atoms with van der Waals surface area (Å²) >= 11 is 0. The summed E-state index contributed by atoms with van der Waals surface area (Å²) < 4.78 is 14.6. The number of carbonyl (C=O) groups is 1. The number of anilines is 1. The van der Waals surface area contributed by atoms with Gasteiger partial charge in [0.2, 0.25) is 11.7 Å². The van der Waals surface area contributed by atoms with E-state index >= 15 is 0 Å². The van der Waals surface area contributed by atoms with Crippen molar-refractivity contribution >= 4 is 24.0 Å². The highest BCUT2D eigenvalue weighted by Crippen LogP contribution is 2.24. The van der Waals surface area contributed by atoms with Crippen LogP contribution in [0.4, 0.5) is 10.1 Å². The molecule has 9 heteroatoms. The smallest absolute Gasteiger partial charge is 0.248 e. The largest absolute Gasteiger partial charge is 0.322 e. The van der Waals surface area contributed by atoms with Crippen LogP contribution in [0.25, 0.3) is 11.4 Å².